The van der Waals surface area contributed by atoms with Crippen LogP contribution in [0.4, 0.5) is 0 Å². The van der Waals surface area contributed by atoms with Crippen molar-refractivity contribution in [1.29, 1.82) is 0 Å². The molecule has 0 aliphatic heterocycles. The fraction of sp³-hybridized carbons (Fsp3) is 0.647. The molecule has 1 rings (SSSR count). The zero-order valence-corrected chi connectivity index (χ0v) is 13.5. The molecular weight excluding hydrogens is 270 g/mol. The van der Waals surface area contributed by atoms with Gasteiger partial charge in [-0.2, -0.15) is 0 Å². The highest BCUT2D eigenvalue weighted by Gasteiger charge is 2.18. The lowest BCUT2D eigenvalue weighted by Gasteiger charge is -2.24. The lowest BCUT2D eigenvalue weighted by molar-refractivity contribution is 0.0311. The van der Waals surface area contributed by atoms with Gasteiger partial charge in [-0.15, -0.1) is 0 Å². The Kier molecular flexibility index (Phi) is 8.92. The van der Waals surface area contributed by atoms with Gasteiger partial charge in [0.2, 0.25) is 0 Å². The maximum Gasteiger partial charge on any atom is 0.0975 e. The number of benzene rings is 1. The number of ether oxygens (including phenoxy) is 1. The highest BCUT2D eigenvalue weighted by atomic mass is 35.5. The first-order valence-corrected chi connectivity index (χ1v) is 8.19. The number of hydrogen-bond acceptors (Lipinski definition) is 2. The van der Waals surface area contributed by atoms with Crippen LogP contribution in [0.1, 0.15) is 64.0 Å². The predicted molar refractivity (Wildman–Crippen MR) is 87.2 cm³/mol. The summed E-state index contributed by atoms with van der Waals surface area (Å²) >= 11 is 5.93. The number of hydrogen-bond donors (Lipinski definition) is 1. The van der Waals surface area contributed by atoms with E-state index in [0.29, 0.717) is 0 Å². The van der Waals surface area contributed by atoms with Crippen molar-refractivity contribution in [2.45, 2.75) is 64.5 Å². The summed E-state index contributed by atoms with van der Waals surface area (Å²) < 4.78 is 6.03. The van der Waals surface area contributed by atoms with Gasteiger partial charge >= 0.3 is 0 Å². The molecule has 0 heterocycles. The normalized spacial score (nSPS) is 14.2. The molecule has 0 saturated carbocycles. The number of nitrogens with two attached hydrogens (primary N) is 1. The van der Waals surface area contributed by atoms with Crippen molar-refractivity contribution in [3.05, 3.63) is 34.9 Å². The van der Waals surface area contributed by atoms with Crippen LogP contribution in [0.25, 0.3) is 0 Å². The van der Waals surface area contributed by atoms with E-state index in [4.69, 9.17) is 22.1 Å². The molecule has 0 aliphatic carbocycles. The van der Waals surface area contributed by atoms with E-state index in [9.17, 15) is 0 Å². The first-order chi connectivity index (χ1) is 9.69. The monoisotopic (exact) mass is 297 g/mol. The van der Waals surface area contributed by atoms with Crippen molar-refractivity contribution in [2.75, 3.05) is 6.61 Å². The molecule has 1 aromatic carbocycles. The summed E-state index contributed by atoms with van der Waals surface area (Å²) in [6.45, 7) is 5.11. The molecule has 0 aliphatic rings. The molecule has 0 fully saturated rings. The Balaban J connectivity index is 2.46. The van der Waals surface area contributed by atoms with E-state index in [0.717, 1.165) is 30.0 Å². The third-order valence-corrected chi connectivity index (χ3v) is 3.86. The predicted octanol–water partition coefficient (Wildman–Crippen LogP) is 5.11. The van der Waals surface area contributed by atoms with E-state index in [-0.39, 0.29) is 12.1 Å². The zero-order valence-electron chi connectivity index (χ0n) is 12.8. The lowest BCUT2D eigenvalue weighted by Crippen LogP contribution is -2.29. The zero-order chi connectivity index (χ0) is 14.8. The van der Waals surface area contributed by atoms with Crippen molar-refractivity contribution >= 4 is 11.6 Å². The Morgan fingerprint density at radius 1 is 1.05 bits per heavy atom. The van der Waals surface area contributed by atoms with Crippen molar-refractivity contribution < 1.29 is 4.74 Å². The highest BCUT2D eigenvalue weighted by molar-refractivity contribution is 6.30. The van der Waals surface area contributed by atoms with Gasteiger partial charge in [0.15, 0.2) is 0 Å². The molecule has 20 heavy (non-hydrogen) atoms. The first kappa shape index (κ1) is 17.5. The summed E-state index contributed by atoms with van der Waals surface area (Å²) in [6, 6.07) is 7.86. The third-order valence-electron chi connectivity index (χ3n) is 3.60. The molecule has 3 heteroatoms. The molecule has 1 aromatic rings. The molecular formula is C17H28ClNO. The molecule has 0 bridgehead atoms. The minimum Gasteiger partial charge on any atom is -0.372 e. The molecule has 0 saturated heterocycles. The average molecular weight is 298 g/mol. The van der Waals surface area contributed by atoms with E-state index in [1.807, 2.05) is 24.3 Å². The van der Waals surface area contributed by atoms with Crippen molar-refractivity contribution in [2.24, 2.45) is 5.73 Å². The van der Waals surface area contributed by atoms with Crippen LogP contribution in [0.2, 0.25) is 5.02 Å². The summed E-state index contributed by atoms with van der Waals surface area (Å²) in [5, 5.41) is 0.747. The van der Waals surface area contributed by atoms with Crippen LogP contribution in [0.5, 0.6) is 0 Å². The van der Waals surface area contributed by atoms with E-state index in [1.54, 1.807) is 0 Å². The van der Waals surface area contributed by atoms with Crippen molar-refractivity contribution in [3.8, 4) is 0 Å². The van der Waals surface area contributed by atoms with Crippen LogP contribution >= 0.6 is 11.6 Å². The van der Waals surface area contributed by atoms with Gasteiger partial charge in [0.05, 0.1) is 6.10 Å². The molecule has 2 unspecified atom stereocenters. The molecule has 0 radical (unpaired) electrons. The average Bonchev–Trinajstić information content (AvgIpc) is 2.47. The topological polar surface area (TPSA) is 35.2 Å². The SMILES string of the molecule is CCCCCCCOC(c1ccc(Cl)cc1)C(N)CC. The van der Waals surface area contributed by atoms with Gasteiger partial charge in [0.25, 0.3) is 0 Å². The van der Waals surface area contributed by atoms with Crippen LogP contribution in [-0.2, 0) is 4.74 Å². The van der Waals surface area contributed by atoms with Gasteiger partial charge in [-0.3, -0.25) is 0 Å². The molecule has 2 N–H and O–H groups in total. The molecule has 0 aromatic heterocycles. The highest BCUT2D eigenvalue weighted by Crippen LogP contribution is 2.24. The van der Waals surface area contributed by atoms with Crippen LogP contribution < -0.4 is 5.73 Å². The van der Waals surface area contributed by atoms with Gasteiger partial charge < -0.3 is 10.5 Å². The molecule has 114 valence electrons. The fourth-order valence-corrected chi connectivity index (χ4v) is 2.38. The lowest BCUT2D eigenvalue weighted by atomic mass is 10.0. The van der Waals surface area contributed by atoms with Crippen LogP contribution in [-0.4, -0.2) is 12.6 Å². The quantitative estimate of drug-likeness (QED) is 0.609. The second kappa shape index (κ2) is 10.2. The second-order valence-corrected chi connectivity index (χ2v) is 5.77. The van der Waals surface area contributed by atoms with E-state index >= 15 is 0 Å². The van der Waals surface area contributed by atoms with Crippen LogP contribution in [0.3, 0.4) is 0 Å². The summed E-state index contributed by atoms with van der Waals surface area (Å²) in [7, 11) is 0. The van der Waals surface area contributed by atoms with E-state index in [1.165, 1.54) is 25.7 Å². The maximum absolute atomic E-state index is 6.19. The van der Waals surface area contributed by atoms with Crippen molar-refractivity contribution in [3.63, 3.8) is 0 Å². The second-order valence-electron chi connectivity index (χ2n) is 5.33. The fourth-order valence-electron chi connectivity index (χ4n) is 2.25. The largest absolute Gasteiger partial charge is 0.372 e. The van der Waals surface area contributed by atoms with Gasteiger partial charge in [0.1, 0.15) is 0 Å². The minimum atomic E-state index is -0.0246. The Bertz CT molecular complexity index is 353. The minimum absolute atomic E-state index is 0.0246. The van der Waals surface area contributed by atoms with Gasteiger partial charge in [-0.05, 0) is 30.5 Å². The number of unbranched alkanes of at least 4 members (excludes halogenated alkanes) is 4. The maximum atomic E-state index is 6.19. The summed E-state index contributed by atoms with van der Waals surface area (Å²) in [6.07, 6.45) is 7.12. The van der Waals surface area contributed by atoms with E-state index < -0.39 is 0 Å². The standard InChI is InChI=1S/C17H28ClNO/c1-3-5-6-7-8-13-20-17(16(19)4-2)14-9-11-15(18)12-10-14/h9-12,16-17H,3-8,13,19H2,1-2H3. The third kappa shape index (κ3) is 6.25. The summed E-state index contributed by atoms with van der Waals surface area (Å²) in [4.78, 5) is 0. The Morgan fingerprint density at radius 2 is 1.70 bits per heavy atom. The molecule has 0 amide bonds. The number of halogens is 1. The summed E-state index contributed by atoms with van der Waals surface area (Å²) in [5.41, 5.74) is 7.31. The van der Waals surface area contributed by atoms with Gasteiger partial charge in [-0.1, -0.05) is 63.3 Å². The molecule has 0 spiro atoms. The van der Waals surface area contributed by atoms with Crippen LogP contribution in [0.15, 0.2) is 24.3 Å². The molecule has 2 atom stereocenters. The summed E-state index contributed by atoms with van der Waals surface area (Å²) in [5.74, 6) is 0. The first-order valence-electron chi connectivity index (χ1n) is 7.81. The Hall–Kier alpha value is -0.570. The van der Waals surface area contributed by atoms with E-state index in [2.05, 4.69) is 13.8 Å². The Morgan fingerprint density at radius 3 is 2.30 bits per heavy atom. The van der Waals surface area contributed by atoms with Crippen LogP contribution in [0, 0.1) is 0 Å². The smallest absolute Gasteiger partial charge is 0.0975 e. The number of rotatable bonds is 10. The van der Waals surface area contributed by atoms with Crippen molar-refractivity contribution in [1.82, 2.24) is 0 Å². The van der Waals surface area contributed by atoms with Gasteiger partial charge in [-0.25, -0.2) is 0 Å². The Labute approximate surface area is 128 Å². The molecule has 2 nitrogen and oxygen atoms in total. The van der Waals surface area contributed by atoms with Gasteiger partial charge in [0, 0.05) is 17.7 Å².